The topological polar surface area (TPSA) is 121 Å². The SMILES string of the molecule is NC1(C(=O)O)CCC(CP(=O)(O)O)C1. The Kier molecular flexibility index (Phi) is 3.02. The number of rotatable bonds is 3. The summed E-state index contributed by atoms with van der Waals surface area (Å²) >= 11 is 0. The first-order valence-electron chi connectivity index (χ1n) is 4.30. The van der Waals surface area contributed by atoms with Crippen molar-refractivity contribution in [2.24, 2.45) is 11.7 Å². The fourth-order valence-corrected chi connectivity index (χ4v) is 2.85. The number of nitrogens with two attached hydrogens (primary N) is 1. The molecule has 1 aliphatic rings. The van der Waals surface area contributed by atoms with Gasteiger partial charge in [-0.1, -0.05) is 0 Å². The Bertz CT molecular complexity index is 288. The summed E-state index contributed by atoms with van der Waals surface area (Å²) in [5.41, 5.74) is 4.27. The van der Waals surface area contributed by atoms with Crippen LogP contribution in [0.2, 0.25) is 0 Å². The molecular formula is C7H14NO5P. The number of carboxylic acid groups (broad SMARTS) is 1. The molecule has 1 fully saturated rings. The second-order valence-electron chi connectivity index (χ2n) is 3.92. The molecule has 0 radical (unpaired) electrons. The zero-order valence-electron chi connectivity index (χ0n) is 7.59. The molecule has 0 aromatic heterocycles. The molecule has 0 heterocycles. The molecule has 6 nitrogen and oxygen atoms in total. The van der Waals surface area contributed by atoms with E-state index in [9.17, 15) is 9.36 Å². The van der Waals surface area contributed by atoms with Gasteiger partial charge in [-0.05, 0) is 25.2 Å². The van der Waals surface area contributed by atoms with Crippen molar-refractivity contribution < 1.29 is 24.3 Å². The minimum atomic E-state index is -4.05. The highest BCUT2D eigenvalue weighted by atomic mass is 31.2. The molecule has 7 heteroatoms. The van der Waals surface area contributed by atoms with Crippen LogP contribution >= 0.6 is 7.60 Å². The normalized spacial score (nSPS) is 33.2. The molecule has 2 unspecified atom stereocenters. The van der Waals surface area contributed by atoms with E-state index in [4.69, 9.17) is 20.6 Å². The Morgan fingerprint density at radius 1 is 1.57 bits per heavy atom. The van der Waals surface area contributed by atoms with Gasteiger partial charge in [-0.2, -0.15) is 0 Å². The van der Waals surface area contributed by atoms with Gasteiger partial charge >= 0.3 is 13.6 Å². The molecule has 0 saturated heterocycles. The van der Waals surface area contributed by atoms with E-state index < -0.39 is 19.1 Å². The third kappa shape index (κ3) is 2.78. The zero-order valence-corrected chi connectivity index (χ0v) is 8.48. The van der Waals surface area contributed by atoms with Gasteiger partial charge in [0.15, 0.2) is 0 Å². The van der Waals surface area contributed by atoms with Crippen molar-refractivity contribution in [3.63, 3.8) is 0 Å². The Hall–Kier alpha value is -0.420. The van der Waals surface area contributed by atoms with Crippen molar-refractivity contribution in [2.75, 3.05) is 6.16 Å². The second kappa shape index (κ2) is 3.62. The van der Waals surface area contributed by atoms with E-state index in [0.717, 1.165) is 0 Å². The van der Waals surface area contributed by atoms with Crippen LogP contribution in [0.4, 0.5) is 0 Å². The Labute approximate surface area is 81.3 Å². The van der Waals surface area contributed by atoms with E-state index in [2.05, 4.69) is 0 Å². The molecule has 2 atom stereocenters. The van der Waals surface area contributed by atoms with Crippen molar-refractivity contribution >= 4 is 13.6 Å². The molecule has 0 aliphatic heterocycles. The summed E-state index contributed by atoms with van der Waals surface area (Å²) in [4.78, 5) is 28.1. The largest absolute Gasteiger partial charge is 0.480 e. The first-order chi connectivity index (χ1) is 6.23. The van der Waals surface area contributed by atoms with Gasteiger partial charge in [-0.25, -0.2) is 0 Å². The van der Waals surface area contributed by atoms with Crippen molar-refractivity contribution in [1.29, 1.82) is 0 Å². The molecule has 0 aromatic carbocycles. The average Bonchev–Trinajstić information content (AvgIpc) is 2.29. The van der Waals surface area contributed by atoms with Crippen LogP contribution in [0.25, 0.3) is 0 Å². The molecule has 0 aromatic rings. The number of hydrogen-bond donors (Lipinski definition) is 4. The Morgan fingerprint density at radius 3 is 2.50 bits per heavy atom. The lowest BCUT2D eigenvalue weighted by Crippen LogP contribution is -2.45. The first-order valence-corrected chi connectivity index (χ1v) is 6.09. The van der Waals surface area contributed by atoms with Crippen molar-refractivity contribution in [3.05, 3.63) is 0 Å². The van der Waals surface area contributed by atoms with E-state index >= 15 is 0 Å². The van der Waals surface area contributed by atoms with Crippen LogP contribution in [0, 0.1) is 5.92 Å². The minimum Gasteiger partial charge on any atom is -0.480 e. The maximum absolute atomic E-state index is 10.7. The quantitative estimate of drug-likeness (QED) is 0.489. The summed E-state index contributed by atoms with van der Waals surface area (Å²) in [6.07, 6.45) is 0.633. The van der Waals surface area contributed by atoms with Gasteiger partial charge in [0.05, 0.1) is 6.16 Å². The summed E-state index contributed by atoms with van der Waals surface area (Å²) in [6.45, 7) is 0. The highest BCUT2D eigenvalue weighted by molar-refractivity contribution is 7.51. The van der Waals surface area contributed by atoms with E-state index in [1.807, 2.05) is 0 Å². The molecule has 14 heavy (non-hydrogen) atoms. The molecule has 0 amide bonds. The van der Waals surface area contributed by atoms with Gasteiger partial charge in [-0.3, -0.25) is 9.36 Å². The molecular weight excluding hydrogens is 209 g/mol. The maximum atomic E-state index is 10.7. The standard InChI is InChI=1S/C7H14NO5P/c8-7(6(9)10)2-1-5(3-7)4-14(11,12)13/h5H,1-4,8H2,(H,9,10)(H2,11,12,13). The molecule has 1 rings (SSSR count). The number of carbonyl (C=O) groups is 1. The summed E-state index contributed by atoms with van der Waals surface area (Å²) in [6, 6.07) is 0. The smallest absolute Gasteiger partial charge is 0.325 e. The van der Waals surface area contributed by atoms with E-state index in [-0.39, 0.29) is 24.9 Å². The first kappa shape index (κ1) is 11.7. The van der Waals surface area contributed by atoms with Gasteiger partial charge in [0.25, 0.3) is 0 Å². The van der Waals surface area contributed by atoms with Crippen LogP contribution < -0.4 is 5.73 Å². The van der Waals surface area contributed by atoms with Crippen LogP contribution in [0.3, 0.4) is 0 Å². The minimum absolute atomic E-state index is 0.146. The number of hydrogen-bond acceptors (Lipinski definition) is 3. The van der Waals surface area contributed by atoms with Crippen molar-refractivity contribution in [3.8, 4) is 0 Å². The number of aliphatic carboxylic acids is 1. The maximum Gasteiger partial charge on any atom is 0.325 e. The predicted molar refractivity (Wildman–Crippen MR) is 48.8 cm³/mol. The molecule has 82 valence electrons. The lowest BCUT2D eigenvalue weighted by atomic mass is 9.98. The van der Waals surface area contributed by atoms with Crippen LogP contribution in [0.5, 0.6) is 0 Å². The number of carboxylic acids is 1. The zero-order chi connectivity index (χ0) is 11.0. The third-order valence-electron chi connectivity index (χ3n) is 2.57. The van der Waals surface area contributed by atoms with Gasteiger partial charge in [-0.15, -0.1) is 0 Å². The molecule has 0 bridgehead atoms. The predicted octanol–water partition coefficient (Wildman–Crippen LogP) is -0.254. The Morgan fingerprint density at radius 2 is 2.14 bits per heavy atom. The second-order valence-corrected chi connectivity index (χ2v) is 5.61. The average molecular weight is 223 g/mol. The molecule has 5 N–H and O–H groups in total. The van der Waals surface area contributed by atoms with Crippen LogP contribution in [-0.2, 0) is 9.36 Å². The lowest BCUT2D eigenvalue weighted by molar-refractivity contribution is -0.143. The molecule has 1 aliphatic carbocycles. The lowest BCUT2D eigenvalue weighted by Gasteiger charge is -2.18. The fraction of sp³-hybridized carbons (Fsp3) is 0.857. The molecule has 0 spiro atoms. The molecule has 1 saturated carbocycles. The van der Waals surface area contributed by atoms with E-state index in [0.29, 0.717) is 6.42 Å². The van der Waals surface area contributed by atoms with Crippen LogP contribution in [0.15, 0.2) is 0 Å². The van der Waals surface area contributed by atoms with E-state index in [1.54, 1.807) is 0 Å². The highest BCUT2D eigenvalue weighted by Gasteiger charge is 2.43. The third-order valence-corrected chi connectivity index (χ3v) is 3.57. The van der Waals surface area contributed by atoms with Crippen LogP contribution in [0.1, 0.15) is 19.3 Å². The van der Waals surface area contributed by atoms with Crippen LogP contribution in [-0.4, -0.2) is 32.6 Å². The van der Waals surface area contributed by atoms with Gasteiger partial charge < -0.3 is 20.6 Å². The van der Waals surface area contributed by atoms with Crippen molar-refractivity contribution in [2.45, 2.75) is 24.8 Å². The van der Waals surface area contributed by atoms with E-state index in [1.165, 1.54) is 0 Å². The van der Waals surface area contributed by atoms with Gasteiger partial charge in [0.2, 0.25) is 0 Å². The monoisotopic (exact) mass is 223 g/mol. The summed E-state index contributed by atoms with van der Waals surface area (Å²) in [5, 5.41) is 8.77. The summed E-state index contributed by atoms with van der Waals surface area (Å²) in [5.74, 6) is -1.37. The van der Waals surface area contributed by atoms with Gasteiger partial charge in [0.1, 0.15) is 5.54 Å². The summed E-state index contributed by atoms with van der Waals surface area (Å²) < 4.78 is 10.7. The highest BCUT2D eigenvalue weighted by Crippen LogP contribution is 2.44. The fourth-order valence-electron chi connectivity index (χ4n) is 1.87. The van der Waals surface area contributed by atoms with Gasteiger partial charge in [0, 0.05) is 0 Å². The van der Waals surface area contributed by atoms with Crippen molar-refractivity contribution in [1.82, 2.24) is 0 Å². The Balaban J connectivity index is 2.58. The summed E-state index contributed by atoms with van der Waals surface area (Å²) in [7, 11) is -4.05.